The summed E-state index contributed by atoms with van der Waals surface area (Å²) in [5, 5.41) is 10.6. The SMILES string of the molecule is O=[N+]([O-])c1cc(S(=O)(=O)Nc2ccc(Br)nc2)ccc1F. The van der Waals surface area contributed by atoms with E-state index in [1.165, 1.54) is 18.3 Å². The largest absolute Gasteiger partial charge is 0.306 e. The monoisotopic (exact) mass is 375 g/mol. The van der Waals surface area contributed by atoms with Crippen molar-refractivity contribution in [3.8, 4) is 0 Å². The van der Waals surface area contributed by atoms with Crippen molar-refractivity contribution < 1.29 is 17.7 Å². The number of pyridine rings is 1. The van der Waals surface area contributed by atoms with Crippen LogP contribution in [0.15, 0.2) is 46.0 Å². The van der Waals surface area contributed by atoms with E-state index in [1.54, 1.807) is 0 Å². The molecule has 0 aliphatic heterocycles. The van der Waals surface area contributed by atoms with Crippen LogP contribution in [0.4, 0.5) is 15.8 Å². The molecular weight excluding hydrogens is 369 g/mol. The molecule has 21 heavy (non-hydrogen) atoms. The standard InChI is InChI=1S/C11H7BrFN3O4S/c12-11-4-1-7(6-14-11)15-21(19,20)8-2-3-9(13)10(5-8)16(17)18/h1-6,15H. The van der Waals surface area contributed by atoms with Crippen molar-refractivity contribution in [3.63, 3.8) is 0 Å². The third-order valence-corrected chi connectivity index (χ3v) is 4.25. The Hall–Kier alpha value is -2.07. The minimum atomic E-state index is -4.08. The predicted octanol–water partition coefficient (Wildman–Crippen LogP) is 2.69. The summed E-state index contributed by atoms with van der Waals surface area (Å²) in [5.74, 6) is -1.11. The lowest BCUT2D eigenvalue weighted by atomic mass is 10.3. The van der Waals surface area contributed by atoms with Crippen molar-refractivity contribution in [3.05, 3.63) is 57.1 Å². The lowest BCUT2D eigenvalue weighted by Crippen LogP contribution is -2.13. The normalized spacial score (nSPS) is 11.1. The van der Waals surface area contributed by atoms with Crippen LogP contribution in [0, 0.1) is 15.9 Å². The van der Waals surface area contributed by atoms with Gasteiger partial charge in [-0.15, -0.1) is 0 Å². The zero-order valence-electron chi connectivity index (χ0n) is 10.2. The molecule has 2 rings (SSSR count). The molecule has 10 heteroatoms. The zero-order chi connectivity index (χ0) is 15.6. The maximum atomic E-state index is 13.2. The number of rotatable bonds is 4. The second kappa shape index (κ2) is 5.74. The maximum absolute atomic E-state index is 13.2. The smallest absolute Gasteiger partial charge is 0.278 e. The molecule has 0 saturated heterocycles. The summed E-state index contributed by atoms with van der Waals surface area (Å²) in [5.41, 5.74) is -0.739. The van der Waals surface area contributed by atoms with E-state index in [9.17, 15) is 22.9 Å². The minimum Gasteiger partial charge on any atom is -0.278 e. The van der Waals surface area contributed by atoms with Crippen LogP contribution < -0.4 is 4.72 Å². The first-order valence-corrected chi connectivity index (χ1v) is 7.65. The molecule has 1 aromatic carbocycles. The summed E-state index contributed by atoms with van der Waals surface area (Å²) < 4.78 is 40.1. The number of halogens is 2. The van der Waals surface area contributed by atoms with E-state index in [4.69, 9.17) is 0 Å². The molecule has 0 radical (unpaired) electrons. The van der Waals surface area contributed by atoms with Gasteiger partial charge in [-0.3, -0.25) is 14.8 Å². The van der Waals surface area contributed by atoms with Crippen LogP contribution >= 0.6 is 15.9 Å². The number of benzene rings is 1. The van der Waals surface area contributed by atoms with Crippen LogP contribution in [0.5, 0.6) is 0 Å². The molecule has 0 saturated carbocycles. The van der Waals surface area contributed by atoms with Gasteiger partial charge < -0.3 is 0 Å². The van der Waals surface area contributed by atoms with Gasteiger partial charge in [-0.1, -0.05) is 0 Å². The van der Waals surface area contributed by atoms with E-state index in [0.717, 1.165) is 12.1 Å². The fourth-order valence-corrected chi connectivity index (χ4v) is 2.75. The number of nitro groups is 1. The highest BCUT2D eigenvalue weighted by Gasteiger charge is 2.21. The van der Waals surface area contributed by atoms with Gasteiger partial charge in [0.1, 0.15) is 4.60 Å². The van der Waals surface area contributed by atoms with Crippen LogP contribution in [0.25, 0.3) is 0 Å². The first-order valence-electron chi connectivity index (χ1n) is 5.38. The van der Waals surface area contributed by atoms with Crippen molar-refractivity contribution in [2.24, 2.45) is 0 Å². The number of hydrogen-bond donors (Lipinski definition) is 1. The van der Waals surface area contributed by atoms with Gasteiger partial charge in [0, 0.05) is 6.07 Å². The molecule has 2 aromatic rings. The second-order valence-corrected chi connectivity index (χ2v) is 6.34. The molecule has 7 nitrogen and oxygen atoms in total. The van der Waals surface area contributed by atoms with Crippen LogP contribution in [0.3, 0.4) is 0 Å². The maximum Gasteiger partial charge on any atom is 0.306 e. The number of nitrogens with zero attached hydrogens (tertiary/aromatic N) is 2. The first-order chi connectivity index (χ1) is 9.79. The summed E-state index contributed by atoms with van der Waals surface area (Å²) in [6, 6.07) is 5.30. The first kappa shape index (κ1) is 15.3. The fraction of sp³-hybridized carbons (Fsp3) is 0. The predicted molar refractivity (Wildman–Crippen MR) is 75.8 cm³/mol. The molecular formula is C11H7BrFN3O4S. The average Bonchev–Trinajstić information content (AvgIpc) is 2.41. The van der Waals surface area contributed by atoms with Crippen LogP contribution in [0.2, 0.25) is 0 Å². The quantitative estimate of drug-likeness (QED) is 0.502. The highest BCUT2D eigenvalue weighted by atomic mass is 79.9. The van der Waals surface area contributed by atoms with Crippen molar-refractivity contribution in [2.45, 2.75) is 4.90 Å². The minimum absolute atomic E-state index is 0.171. The summed E-state index contributed by atoms with van der Waals surface area (Å²) in [6.45, 7) is 0. The number of hydrogen-bond acceptors (Lipinski definition) is 5. The van der Waals surface area contributed by atoms with Crippen molar-refractivity contribution >= 4 is 37.3 Å². The van der Waals surface area contributed by atoms with Gasteiger partial charge >= 0.3 is 5.69 Å². The van der Waals surface area contributed by atoms with E-state index >= 15 is 0 Å². The molecule has 0 aliphatic carbocycles. The number of nitro benzene ring substituents is 1. The van der Waals surface area contributed by atoms with E-state index in [1.807, 2.05) is 0 Å². The Labute approximate surface area is 127 Å². The summed E-state index contributed by atoms with van der Waals surface area (Å²) in [4.78, 5) is 13.1. The number of sulfonamides is 1. The van der Waals surface area contributed by atoms with E-state index in [0.29, 0.717) is 10.7 Å². The molecule has 0 amide bonds. The Bertz CT molecular complexity index is 796. The Balaban J connectivity index is 2.38. The topological polar surface area (TPSA) is 102 Å². The van der Waals surface area contributed by atoms with E-state index in [-0.39, 0.29) is 5.69 Å². The van der Waals surface area contributed by atoms with Gasteiger partial charge in [0.25, 0.3) is 10.0 Å². The fourth-order valence-electron chi connectivity index (χ4n) is 1.45. The molecule has 0 unspecified atom stereocenters. The second-order valence-electron chi connectivity index (χ2n) is 3.85. The lowest BCUT2D eigenvalue weighted by Gasteiger charge is -2.07. The van der Waals surface area contributed by atoms with Gasteiger partial charge in [0.05, 0.1) is 21.7 Å². The van der Waals surface area contributed by atoms with Gasteiger partial charge in [0.2, 0.25) is 5.82 Å². The van der Waals surface area contributed by atoms with Crippen LogP contribution in [0.1, 0.15) is 0 Å². The summed E-state index contributed by atoms with van der Waals surface area (Å²) >= 11 is 3.10. The Morgan fingerprint density at radius 2 is 2.00 bits per heavy atom. The van der Waals surface area contributed by atoms with Gasteiger partial charge in [0.15, 0.2) is 0 Å². The van der Waals surface area contributed by atoms with Crippen molar-refractivity contribution in [1.29, 1.82) is 0 Å². The summed E-state index contributed by atoms with van der Waals surface area (Å²) in [6.07, 6.45) is 1.26. The van der Waals surface area contributed by atoms with Gasteiger partial charge in [-0.2, -0.15) is 4.39 Å². The summed E-state index contributed by atoms with van der Waals surface area (Å²) in [7, 11) is -4.08. The van der Waals surface area contributed by atoms with Crippen molar-refractivity contribution in [1.82, 2.24) is 4.98 Å². The van der Waals surface area contributed by atoms with Gasteiger partial charge in [-0.05, 0) is 40.2 Å². The molecule has 0 fully saturated rings. The molecule has 1 N–H and O–H groups in total. The molecule has 0 spiro atoms. The molecule has 1 aromatic heterocycles. The Morgan fingerprint density at radius 1 is 1.29 bits per heavy atom. The molecule has 110 valence electrons. The average molecular weight is 376 g/mol. The van der Waals surface area contributed by atoms with E-state index in [2.05, 4.69) is 25.6 Å². The number of aromatic nitrogens is 1. The number of anilines is 1. The third-order valence-electron chi connectivity index (χ3n) is 2.40. The number of nitrogens with one attached hydrogen (secondary N) is 1. The zero-order valence-corrected chi connectivity index (χ0v) is 12.6. The lowest BCUT2D eigenvalue weighted by molar-refractivity contribution is -0.387. The Kier molecular flexibility index (Phi) is 4.19. The van der Waals surface area contributed by atoms with E-state index < -0.39 is 31.3 Å². The van der Waals surface area contributed by atoms with Crippen LogP contribution in [-0.2, 0) is 10.0 Å². The third kappa shape index (κ3) is 3.52. The molecule has 0 bridgehead atoms. The van der Waals surface area contributed by atoms with Crippen molar-refractivity contribution in [2.75, 3.05) is 4.72 Å². The highest BCUT2D eigenvalue weighted by molar-refractivity contribution is 9.10. The molecule has 1 heterocycles. The Morgan fingerprint density at radius 3 is 2.57 bits per heavy atom. The van der Waals surface area contributed by atoms with Crippen LogP contribution in [-0.4, -0.2) is 18.3 Å². The highest BCUT2D eigenvalue weighted by Crippen LogP contribution is 2.23. The van der Waals surface area contributed by atoms with Gasteiger partial charge in [-0.25, -0.2) is 13.4 Å². The molecule has 0 atom stereocenters. The molecule has 0 aliphatic rings.